The zero-order valence-electron chi connectivity index (χ0n) is 15.1. The summed E-state index contributed by atoms with van der Waals surface area (Å²) >= 11 is 0. The molecule has 3 aromatic carbocycles. The van der Waals surface area contributed by atoms with Gasteiger partial charge in [-0.05, 0) is 29.8 Å². The normalized spacial score (nSPS) is 17.9. The van der Waals surface area contributed by atoms with Crippen molar-refractivity contribution in [2.45, 2.75) is 12.2 Å². The van der Waals surface area contributed by atoms with Crippen molar-refractivity contribution in [1.29, 1.82) is 0 Å². The predicted molar refractivity (Wildman–Crippen MR) is 105 cm³/mol. The van der Waals surface area contributed by atoms with Gasteiger partial charge >= 0.3 is 0 Å². The van der Waals surface area contributed by atoms with Gasteiger partial charge in [-0.3, -0.25) is 0 Å². The number of rotatable bonds is 6. The summed E-state index contributed by atoms with van der Waals surface area (Å²) in [6.07, 6.45) is -0.287. The molecule has 2 atom stereocenters. The minimum absolute atomic E-state index is 0.0640. The highest BCUT2D eigenvalue weighted by Gasteiger charge is 2.28. The van der Waals surface area contributed by atoms with Crippen molar-refractivity contribution in [2.24, 2.45) is 0 Å². The standard InChI is InChI=1S/C23H23NO3/c1-3-9-18(10-4-1)23(22-17-24-15-16-25-22)27-21-14-8-7-13-20(21)26-19-11-5-2-6-12-19/h1-14,22-24H,15-17H2/t22-,23?/m0/s1. The molecular weight excluding hydrogens is 338 g/mol. The molecular formula is C23H23NO3. The Morgan fingerprint density at radius 3 is 2.19 bits per heavy atom. The highest BCUT2D eigenvalue weighted by molar-refractivity contribution is 5.43. The van der Waals surface area contributed by atoms with Crippen LogP contribution in [0.2, 0.25) is 0 Å². The van der Waals surface area contributed by atoms with Crippen molar-refractivity contribution >= 4 is 0 Å². The van der Waals surface area contributed by atoms with Crippen LogP contribution in [0.25, 0.3) is 0 Å². The molecule has 27 heavy (non-hydrogen) atoms. The molecule has 0 saturated carbocycles. The van der Waals surface area contributed by atoms with Crippen LogP contribution in [-0.4, -0.2) is 25.8 Å². The lowest BCUT2D eigenvalue weighted by Crippen LogP contribution is -2.43. The first-order valence-corrected chi connectivity index (χ1v) is 9.26. The summed E-state index contributed by atoms with van der Waals surface area (Å²) in [6, 6.07) is 27.7. The van der Waals surface area contributed by atoms with E-state index in [2.05, 4.69) is 17.4 Å². The molecule has 0 aliphatic carbocycles. The monoisotopic (exact) mass is 361 g/mol. The zero-order valence-corrected chi connectivity index (χ0v) is 15.1. The molecule has 3 aromatic rings. The van der Waals surface area contributed by atoms with Gasteiger partial charge in [0.2, 0.25) is 0 Å². The van der Waals surface area contributed by atoms with Gasteiger partial charge in [0, 0.05) is 13.1 Å². The lowest BCUT2D eigenvalue weighted by atomic mass is 10.0. The summed E-state index contributed by atoms with van der Waals surface area (Å²) in [5, 5.41) is 3.39. The van der Waals surface area contributed by atoms with E-state index in [0.29, 0.717) is 18.1 Å². The van der Waals surface area contributed by atoms with Gasteiger partial charge in [0.25, 0.3) is 0 Å². The van der Waals surface area contributed by atoms with Crippen molar-refractivity contribution < 1.29 is 14.2 Å². The third kappa shape index (κ3) is 4.48. The largest absolute Gasteiger partial charge is 0.479 e. The van der Waals surface area contributed by atoms with Crippen molar-refractivity contribution in [3.05, 3.63) is 90.5 Å². The van der Waals surface area contributed by atoms with Crippen LogP contribution in [-0.2, 0) is 4.74 Å². The van der Waals surface area contributed by atoms with Gasteiger partial charge in [-0.2, -0.15) is 0 Å². The van der Waals surface area contributed by atoms with Gasteiger partial charge in [0.05, 0.1) is 6.61 Å². The number of hydrogen-bond donors (Lipinski definition) is 1. The van der Waals surface area contributed by atoms with E-state index in [1.807, 2.05) is 72.8 Å². The Bertz CT molecular complexity index is 833. The van der Waals surface area contributed by atoms with Gasteiger partial charge in [-0.25, -0.2) is 0 Å². The fraction of sp³-hybridized carbons (Fsp3) is 0.217. The molecule has 4 nitrogen and oxygen atoms in total. The summed E-state index contributed by atoms with van der Waals surface area (Å²) in [5.41, 5.74) is 1.08. The maximum Gasteiger partial charge on any atom is 0.169 e. The fourth-order valence-corrected chi connectivity index (χ4v) is 3.17. The van der Waals surface area contributed by atoms with Gasteiger partial charge in [-0.15, -0.1) is 0 Å². The molecule has 0 spiro atoms. The maximum atomic E-state index is 6.45. The van der Waals surface area contributed by atoms with Crippen LogP contribution in [0, 0.1) is 0 Å². The first kappa shape index (κ1) is 17.6. The molecule has 1 heterocycles. The molecule has 1 unspecified atom stereocenters. The van der Waals surface area contributed by atoms with Crippen LogP contribution in [0.5, 0.6) is 17.2 Å². The van der Waals surface area contributed by atoms with Crippen molar-refractivity contribution in [3.63, 3.8) is 0 Å². The zero-order chi connectivity index (χ0) is 18.3. The summed E-state index contributed by atoms with van der Waals surface area (Å²) in [7, 11) is 0. The number of para-hydroxylation sites is 3. The Morgan fingerprint density at radius 1 is 0.815 bits per heavy atom. The predicted octanol–water partition coefficient (Wildman–Crippen LogP) is 4.59. The first-order chi connectivity index (χ1) is 13.4. The Balaban J connectivity index is 1.61. The van der Waals surface area contributed by atoms with E-state index in [1.165, 1.54) is 0 Å². The van der Waals surface area contributed by atoms with Crippen molar-refractivity contribution in [1.82, 2.24) is 5.32 Å². The maximum absolute atomic E-state index is 6.45. The van der Waals surface area contributed by atoms with Crippen LogP contribution < -0.4 is 14.8 Å². The van der Waals surface area contributed by atoms with E-state index >= 15 is 0 Å². The van der Waals surface area contributed by atoms with Crippen LogP contribution in [0.4, 0.5) is 0 Å². The van der Waals surface area contributed by atoms with E-state index in [0.717, 1.165) is 24.4 Å². The van der Waals surface area contributed by atoms with Gasteiger partial charge in [0.15, 0.2) is 17.6 Å². The number of hydrogen-bond acceptors (Lipinski definition) is 4. The Hall–Kier alpha value is -2.82. The average molecular weight is 361 g/mol. The number of morpholine rings is 1. The van der Waals surface area contributed by atoms with E-state index in [9.17, 15) is 0 Å². The van der Waals surface area contributed by atoms with Crippen LogP contribution >= 0.6 is 0 Å². The molecule has 0 bridgehead atoms. The molecule has 1 fully saturated rings. The van der Waals surface area contributed by atoms with Crippen LogP contribution in [0.3, 0.4) is 0 Å². The summed E-state index contributed by atoms with van der Waals surface area (Å²) in [4.78, 5) is 0. The Labute approximate surface area is 159 Å². The molecule has 138 valence electrons. The number of ether oxygens (including phenoxy) is 3. The van der Waals surface area contributed by atoms with E-state index in [4.69, 9.17) is 14.2 Å². The molecule has 1 N–H and O–H groups in total. The van der Waals surface area contributed by atoms with E-state index in [1.54, 1.807) is 0 Å². The van der Waals surface area contributed by atoms with Gasteiger partial charge < -0.3 is 19.5 Å². The van der Waals surface area contributed by atoms with Crippen molar-refractivity contribution in [2.75, 3.05) is 19.7 Å². The molecule has 0 radical (unpaired) electrons. The first-order valence-electron chi connectivity index (χ1n) is 9.26. The molecule has 4 rings (SSSR count). The number of benzene rings is 3. The summed E-state index contributed by atoms with van der Waals surface area (Å²) in [6.45, 7) is 2.30. The molecule has 1 saturated heterocycles. The van der Waals surface area contributed by atoms with Gasteiger partial charge in [-0.1, -0.05) is 60.7 Å². The van der Waals surface area contributed by atoms with E-state index in [-0.39, 0.29) is 12.2 Å². The highest BCUT2D eigenvalue weighted by atomic mass is 16.6. The van der Waals surface area contributed by atoms with Gasteiger partial charge in [0.1, 0.15) is 11.9 Å². The molecule has 0 amide bonds. The molecule has 0 aromatic heterocycles. The second-order valence-corrected chi connectivity index (χ2v) is 6.42. The second-order valence-electron chi connectivity index (χ2n) is 6.42. The van der Waals surface area contributed by atoms with Crippen LogP contribution in [0.15, 0.2) is 84.9 Å². The smallest absolute Gasteiger partial charge is 0.169 e. The number of nitrogens with one attached hydrogen (secondary N) is 1. The van der Waals surface area contributed by atoms with Crippen LogP contribution in [0.1, 0.15) is 11.7 Å². The topological polar surface area (TPSA) is 39.7 Å². The molecule has 4 heteroatoms. The minimum atomic E-state index is -0.223. The summed E-state index contributed by atoms with van der Waals surface area (Å²) in [5.74, 6) is 2.16. The Kier molecular flexibility index (Phi) is 5.67. The lowest BCUT2D eigenvalue weighted by molar-refractivity contribution is -0.0437. The highest BCUT2D eigenvalue weighted by Crippen LogP contribution is 2.36. The fourth-order valence-electron chi connectivity index (χ4n) is 3.17. The third-order valence-corrected chi connectivity index (χ3v) is 4.50. The summed E-state index contributed by atoms with van der Waals surface area (Å²) < 4.78 is 18.5. The quantitative estimate of drug-likeness (QED) is 0.697. The second kappa shape index (κ2) is 8.71. The SMILES string of the molecule is c1ccc(Oc2ccccc2OC(c2ccccc2)[C@@H]2CNCCO2)cc1. The average Bonchev–Trinajstić information content (AvgIpc) is 2.75. The minimum Gasteiger partial charge on any atom is -0.479 e. The van der Waals surface area contributed by atoms with E-state index < -0.39 is 0 Å². The molecule has 1 aliphatic rings. The third-order valence-electron chi connectivity index (χ3n) is 4.50. The lowest BCUT2D eigenvalue weighted by Gasteiger charge is -2.32. The van der Waals surface area contributed by atoms with Crippen molar-refractivity contribution in [3.8, 4) is 17.2 Å². The Morgan fingerprint density at radius 2 is 1.48 bits per heavy atom. The molecule has 1 aliphatic heterocycles.